The van der Waals surface area contributed by atoms with Crippen LogP contribution in [0.4, 0.5) is 0 Å². The van der Waals surface area contributed by atoms with Crippen LogP contribution in [0.5, 0.6) is 0 Å². The van der Waals surface area contributed by atoms with Crippen LogP contribution in [0.3, 0.4) is 0 Å². The van der Waals surface area contributed by atoms with Crippen LogP contribution in [0.15, 0.2) is 6.07 Å². The number of nitrogens with one attached hydrogen (secondary N) is 1. The van der Waals surface area contributed by atoms with Gasteiger partial charge in [0.05, 0.1) is 6.54 Å². The third-order valence-corrected chi connectivity index (χ3v) is 1.86. The predicted octanol–water partition coefficient (Wildman–Crippen LogP) is 0.574. The van der Waals surface area contributed by atoms with Crippen LogP contribution in [0.1, 0.15) is 23.1 Å². The average Bonchev–Trinajstić information content (AvgIpc) is 2.56. The maximum absolute atomic E-state index is 11.4. The number of rotatable bonds is 3. The number of aromatic nitrogens is 2. The van der Waals surface area contributed by atoms with Gasteiger partial charge in [0.15, 0.2) is 0 Å². The van der Waals surface area contributed by atoms with Crippen molar-refractivity contribution in [2.75, 3.05) is 6.54 Å². The number of terminal acetylenes is 1. The van der Waals surface area contributed by atoms with Crippen molar-refractivity contribution in [2.24, 2.45) is 0 Å². The Morgan fingerprint density at radius 2 is 2.50 bits per heavy atom. The van der Waals surface area contributed by atoms with Crippen molar-refractivity contribution in [1.29, 1.82) is 0 Å². The first-order valence-electron chi connectivity index (χ1n) is 4.45. The summed E-state index contributed by atoms with van der Waals surface area (Å²) in [6, 6.07) is 1.75. The summed E-state index contributed by atoms with van der Waals surface area (Å²) in [5.74, 6) is 2.11. The Labute approximate surface area is 83.3 Å². The van der Waals surface area contributed by atoms with E-state index in [-0.39, 0.29) is 12.5 Å². The Morgan fingerprint density at radius 3 is 3.00 bits per heavy atom. The molecule has 0 spiro atoms. The van der Waals surface area contributed by atoms with Gasteiger partial charge < -0.3 is 5.32 Å². The standard InChI is InChI=1S/C10H13N3O/c1-4-6-11-10(14)9-7-8(3)13(5-2)12-9/h1,7H,5-6H2,2-3H3,(H,11,14). The van der Waals surface area contributed by atoms with Gasteiger partial charge in [0.1, 0.15) is 5.69 Å². The number of amides is 1. The average molecular weight is 191 g/mol. The lowest BCUT2D eigenvalue weighted by Gasteiger charge is -1.97. The summed E-state index contributed by atoms with van der Waals surface area (Å²) in [5.41, 5.74) is 1.39. The van der Waals surface area contributed by atoms with Gasteiger partial charge in [-0.05, 0) is 19.9 Å². The summed E-state index contributed by atoms with van der Waals surface area (Å²) >= 11 is 0. The molecule has 1 amide bonds. The Balaban J connectivity index is 2.76. The second-order valence-corrected chi connectivity index (χ2v) is 2.87. The fourth-order valence-corrected chi connectivity index (χ4v) is 1.16. The maximum atomic E-state index is 11.4. The number of hydrogen-bond donors (Lipinski definition) is 1. The highest BCUT2D eigenvalue weighted by atomic mass is 16.1. The van der Waals surface area contributed by atoms with Crippen LogP contribution in [-0.2, 0) is 6.54 Å². The molecule has 0 atom stereocenters. The van der Waals surface area contributed by atoms with Gasteiger partial charge >= 0.3 is 0 Å². The molecule has 0 aromatic carbocycles. The molecule has 14 heavy (non-hydrogen) atoms. The molecule has 0 aliphatic heterocycles. The lowest BCUT2D eigenvalue weighted by atomic mass is 10.3. The van der Waals surface area contributed by atoms with Gasteiger partial charge in [-0.1, -0.05) is 5.92 Å². The normalized spacial score (nSPS) is 9.50. The van der Waals surface area contributed by atoms with E-state index in [0.29, 0.717) is 5.69 Å². The quantitative estimate of drug-likeness (QED) is 0.710. The molecule has 0 saturated heterocycles. The van der Waals surface area contributed by atoms with Crippen molar-refractivity contribution < 1.29 is 4.79 Å². The van der Waals surface area contributed by atoms with E-state index in [1.54, 1.807) is 10.7 Å². The summed E-state index contributed by atoms with van der Waals surface area (Å²) in [7, 11) is 0. The van der Waals surface area contributed by atoms with E-state index in [9.17, 15) is 4.79 Å². The minimum atomic E-state index is -0.224. The van der Waals surface area contributed by atoms with Gasteiger partial charge in [0.25, 0.3) is 5.91 Å². The van der Waals surface area contributed by atoms with E-state index in [2.05, 4.69) is 16.3 Å². The molecule has 1 aromatic rings. The molecular formula is C10H13N3O. The summed E-state index contributed by atoms with van der Waals surface area (Å²) in [6.07, 6.45) is 5.03. The zero-order valence-electron chi connectivity index (χ0n) is 8.37. The first kappa shape index (κ1) is 10.3. The molecule has 4 nitrogen and oxygen atoms in total. The number of aryl methyl sites for hydroxylation is 2. The Morgan fingerprint density at radius 1 is 1.79 bits per heavy atom. The molecule has 0 bridgehead atoms. The zero-order valence-corrected chi connectivity index (χ0v) is 8.37. The summed E-state index contributed by atoms with van der Waals surface area (Å²) in [6.45, 7) is 4.88. The zero-order chi connectivity index (χ0) is 10.6. The van der Waals surface area contributed by atoms with Crippen molar-refractivity contribution in [1.82, 2.24) is 15.1 Å². The topological polar surface area (TPSA) is 46.9 Å². The molecule has 0 fully saturated rings. The fourth-order valence-electron chi connectivity index (χ4n) is 1.16. The summed E-state index contributed by atoms with van der Waals surface area (Å²) < 4.78 is 1.77. The summed E-state index contributed by atoms with van der Waals surface area (Å²) in [5, 5.41) is 6.68. The number of carbonyl (C=O) groups excluding carboxylic acids is 1. The number of hydrogen-bond acceptors (Lipinski definition) is 2. The van der Waals surface area contributed by atoms with Crippen molar-refractivity contribution in [3.63, 3.8) is 0 Å². The largest absolute Gasteiger partial charge is 0.340 e. The Bertz CT molecular complexity index is 373. The van der Waals surface area contributed by atoms with Crippen LogP contribution in [0.2, 0.25) is 0 Å². The number of carbonyl (C=O) groups is 1. The van der Waals surface area contributed by atoms with Crippen LogP contribution in [-0.4, -0.2) is 22.2 Å². The van der Waals surface area contributed by atoms with Crippen molar-refractivity contribution in [3.8, 4) is 12.3 Å². The van der Waals surface area contributed by atoms with Crippen molar-refractivity contribution in [2.45, 2.75) is 20.4 Å². The van der Waals surface area contributed by atoms with E-state index in [0.717, 1.165) is 12.2 Å². The minimum absolute atomic E-state index is 0.224. The predicted molar refractivity (Wildman–Crippen MR) is 53.8 cm³/mol. The molecule has 74 valence electrons. The van der Waals surface area contributed by atoms with Gasteiger partial charge in [-0.3, -0.25) is 9.48 Å². The highest BCUT2D eigenvalue weighted by molar-refractivity contribution is 5.92. The van der Waals surface area contributed by atoms with E-state index in [1.807, 2.05) is 13.8 Å². The molecular weight excluding hydrogens is 178 g/mol. The molecule has 0 aliphatic carbocycles. The molecule has 0 unspecified atom stereocenters. The Kier molecular flexibility index (Phi) is 3.29. The molecule has 4 heteroatoms. The van der Waals surface area contributed by atoms with E-state index >= 15 is 0 Å². The molecule has 1 heterocycles. The lowest BCUT2D eigenvalue weighted by molar-refractivity contribution is 0.0953. The fraction of sp³-hybridized carbons (Fsp3) is 0.400. The second-order valence-electron chi connectivity index (χ2n) is 2.87. The van der Waals surface area contributed by atoms with Gasteiger partial charge in [-0.2, -0.15) is 5.10 Å². The first-order chi connectivity index (χ1) is 6.69. The minimum Gasteiger partial charge on any atom is -0.340 e. The second kappa shape index (κ2) is 4.47. The molecule has 1 rings (SSSR count). The van der Waals surface area contributed by atoms with Crippen LogP contribution in [0, 0.1) is 19.3 Å². The number of nitrogens with zero attached hydrogens (tertiary/aromatic N) is 2. The third kappa shape index (κ3) is 2.13. The highest BCUT2D eigenvalue weighted by Gasteiger charge is 2.09. The van der Waals surface area contributed by atoms with Crippen molar-refractivity contribution in [3.05, 3.63) is 17.5 Å². The first-order valence-corrected chi connectivity index (χ1v) is 4.45. The lowest BCUT2D eigenvalue weighted by Crippen LogP contribution is -2.24. The van der Waals surface area contributed by atoms with Crippen LogP contribution >= 0.6 is 0 Å². The van der Waals surface area contributed by atoms with Gasteiger partial charge in [-0.15, -0.1) is 6.42 Å². The maximum Gasteiger partial charge on any atom is 0.272 e. The van der Waals surface area contributed by atoms with Gasteiger partial charge in [0.2, 0.25) is 0 Å². The molecule has 0 radical (unpaired) electrons. The van der Waals surface area contributed by atoms with E-state index in [1.165, 1.54) is 0 Å². The van der Waals surface area contributed by atoms with Crippen LogP contribution in [0.25, 0.3) is 0 Å². The van der Waals surface area contributed by atoms with Crippen LogP contribution < -0.4 is 5.32 Å². The highest BCUT2D eigenvalue weighted by Crippen LogP contribution is 2.02. The van der Waals surface area contributed by atoms with E-state index in [4.69, 9.17) is 6.42 Å². The van der Waals surface area contributed by atoms with Gasteiger partial charge in [0, 0.05) is 12.2 Å². The smallest absolute Gasteiger partial charge is 0.272 e. The van der Waals surface area contributed by atoms with E-state index < -0.39 is 0 Å². The van der Waals surface area contributed by atoms with Gasteiger partial charge in [-0.25, -0.2) is 0 Å². The Hall–Kier alpha value is -1.76. The molecule has 0 saturated carbocycles. The monoisotopic (exact) mass is 191 g/mol. The van der Waals surface area contributed by atoms with Crippen molar-refractivity contribution >= 4 is 5.91 Å². The molecule has 0 aliphatic rings. The molecule has 1 aromatic heterocycles. The molecule has 1 N–H and O–H groups in total. The SMILES string of the molecule is C#CCNC(=O)c1cc(C)n(CC)n1. The summed E-state index contributed by atoms with van der Waals surface area (Å²) in [4.78, 5) is 11.4. The third-order valence-electron chi connectivity index (χ3n) is 1.86.